The fourth-order valence-corrected chi connectivity index (χ4v) is 5.01. The highest BCUT2D eigenvalue weighted by Crippen LogP contribution is 2.33. The maximum absolute atomic E-state index is 12.0. The first kappa shape index (κ1) is 31.4. The first-order chi connectivity index (χ1) is 14.4. The summed E-state index contributed by atoms with van der Waals surface area (Å²) < 4.78 is 6.15. The van der Waals surface area contributed by atoms with Crippen LogP contribution < -0.4 is 5.32 Å². The maximum atomic E-state index is 12.0. The first-order valence-corrected chi connectivity index (χ1v) is 13.3. The molecule has 4 atom stereocenters. The molecule has 1 N–H and O–H groups in total. The normalized spacial score (nSPS) is 17.0. The zero-order chi connectivity index (χ0) is 25.2. The molecule has 0 spiro atoms. The smallest absolute Gasteiger partial charge is 0.225 e. The van der Waals surface area contributed by atoms with E-state index in [2.05, 4.69) is 67.6 Å². The second-order valence-electron chi connectivity index (χ2n) is 14.2. The third kappa shape index (κ3) is 17.0. The van der Waals surface area contributed by atoms with Crippen molar-refractivity contribution in [2.24, 2.45) is 39.9 Å². The number of hydrogen-bond acceptors (Lipinski definition) is 2. The van der Waals surface area contributed by atoms with Crippen LogP contribution in [0.1, 0.15) is 122 Å². The van der Waals surface area contributed by atoms with Gasteiger partial charge in [-0.15, -0.1) is 0 Å². The summed E-state index contributed by atoms with van der Waals surface area (Å²) in [4.78, 5) is 12.0. The summed E-state index contributed by atoms with van der Waals surface area (Å²) in [7, 11) is 0. The van der Waals surface area contributed by atoms with Gasteiger partial charge in [0, 0.05) is 25.2 Å². The van der Waals surface area contributed by atoms with Crippen LogP contribution in [0.2, 0.25) is 0 Å². The van der Waals surface area contributed by atoms with Crippen LogP contribution in [0.5, 0.6) is 0 Å². The van der Waals surface area contributed by atoms with Crippen molar-refractivity contribution < 1.29 is 9.53 Å². The molecule has 192 valence electrons. The molecule has 3 nitrogen and oxygen atoms in total. The van der Waals surface area contributed by atoms with Gasteiger partial charge in [-0.25, -0.2) is 0 Å². The number of amides is 1. The zero-order valence-corrected chi connectivity index (χ0v) is 24.0. The third-order valence-corrected chi connectivity index (χ3v) is 6.29. The van der Waals surface area contributed by atoms with Gasteiger partial charge in [-0.1, -0.05) is 89.5 Å². The Balaban J connectivity index is 4.66. The Morgan fingerprint density at radius 3 is 1.84 bits per heavy atom. The van der Waals surface area contributed by atoms with Gasteiger partial charge in [-0.05, 0) is 66.6 Å². The van der Waals surface area contributed by atoms with E-state index in [1.165, 1.54) is 32.1 Å². The summed E-state index contributed by atoms with van der Waals surface area (Å²) in [6.45, 7) is 29.5. The Bertz CT molecular complexity index is 507. The molecular formula is C29H59NO2. The van der Waals surface area contributed by atoms with E-state index in [0.29, 0.717) is 29.2 Å². The molecule has 0 saturated heterocycles. The van der Waals surface area contributed by atoms with Crippen LogP contribution in [0, 0.1) is 39.9 Å². The lowest BCUT2D eigenvalue weighted by molar-refractivity contribution is -0.128. The van der Waals surface area contributed by atoms with E-state index in [0.717, 1.165) is 31.5 Å². The minimum atomic E-state index is -0.325. The molecule has 0 aliphatic rings. The summed E-state index contributed by atoms with van der Waals surface area (Å²) in [6.07, 6.45) is 7.25. The Kier molecular flexibility index (Phi) is 13.7. The second-order valence-corrected chi connectivity index (χ2v) is 14.2. The van der Waals surface area contributed by atoms with Gasteiger partial charge in [0.25, 0.3) is 0 Å². The molecule has 0 heterocycles. The number of hydrogen-bond donors (Lipinski definition) is 1. The summed E-state index contributed by atoms with van der Waals surface area (Å²) >= 11 is 0. The van der Waals surface area contributed by atoms with Gasteiger partial charge < -0.3 is 10.1 Å². The Morgan fingerprint density at radius 2 is 1.34 bits per heavy atom. The van der Waals surface area contributed by atoms with E-state index in [4.69, 9.17) is 4.74 Å². The predicted octanol–water partition coefficient (Wildman–Crippen LogP) is 8.12. The minimum Gasteiger partial charge on any atom is -0.381 e. The molecule has 0 aromatic carbocycles. The van der Waals surface area contributed by atoms with E-state index in [-0.39, 0.29) is 11.3 Å². The highest BCUT2D eigenvalue weighted by atomic mass is 16.5. The average molecular weight is 454 g/mol. The van der Waals surface area contributed by atoms with E-state index in [1.807, 2.05) is 20.8 Å². The lowest BCUT2D eigenvalue weighted by Gasteiger charge is -2.31. The largest absolute Gasteiger partial charge is 0.381 e. The molecule has 0 aromatic rings. The standard InChI is InChI=1S/C29H59NO2/c1-22(19-27(4,5)6)14-15-25(24(3)18-23(2)20-28(7,8)9)21-32-17-13-16-30-26(31)29(10,11)12/h22-25H,13-21H2,1-12H3,(H,30,31). The summed E-state index contributed by atoms with van der Waals surface area (Å²) in [6, 6.07) is 0. The molecular weight excluding hydrogens is 394 g/mol. The van der Waals surface area contributed by atoms with Crippen LogP contribution in [0.15, 0.2) is 0 Å². The first-order valence-electron chi connectivity index (χ1n) is 13.3. The van der Waals surface area contributed by atoms with Gasteiger partial charge in [-0.3, -0.25) is 4.79 Å². The lowest BCUT2D eigenvalue weighted by atomic mass is 9.77. The fourth-order valence-electron chi connectivity index (χ4n) is 5.01. The number of nitrogens with one attached hydrogen (secondary N) is 1. The Morgan fingerprint density at radius 1 is 0.812 bits per heavy atom. The van der Waals surface area contributed by atoms with Gasteiger partial charge >= 0.3 is 0 Å². The van der Waals surface area contributed by atoms with Crippen molar-refractivity contribution in [1.82, 2.24) is 5.32 Å². The zero-order valence-electron chi connectivity index (χ0n) is 24.0. The van der Waals surface area contributed by atoms with Crippen molar-refractivity contribution >= 4 is 5.91 Å². The van der Waals surface area contributed by atoms with Crippen molar-refractivity contribution in [3.63, 3.8) is 0 Å². The topological polar surface area (TPSA) is 38.3 Å². The summed E-state index contributed by atoms with van der Waals surface area (Å²) in [5.41, 5.74) is 0.467. The molecule has 4 unspecified atom stereocenters. The number of rotatable bonds is 14. The van der Waals surface area contributed by atoms with Gasteiger partial charge in [-0.2, -0.15) is 0 Å². The predicted molar refractivity (Wildman–Crippen MR) is 141 cm³/mol. The van der Waals surface area contributed by atoms with E-state index in [9.17, 15) is 4.79 Å². The van der Waals surface area contributed by atoms with Crippen LogP contribution in [0.4, 0.5) is 0 Å². The van der Waals surface area contributed by atoms with Crippen molar-refractivity contribution in [2.75, 3.05) is 19.8 Å². The van der Waals surface area contributed by atoms with Crippen LogP contribution in [-0.2, 0) is 9.53 Å². The molecule has 0 aliphatic heterocycles. The average Bonchev–Trinajstić information content (AvgIpc) is 2.55. The van der Waals surface area contributed by atoms with Crippen molar-refractivity contribution in [3.05, 3.63) is 0 Å². The molecule has 0 fully saturated rings. The van der Waals surface area contributed by atoms with Gasteiger partial charge in [0.2, 0.25) is 5.91 Å². The van der Waals surface area contributed by atoms with E-state index >= 15 is 0 Å². The second kappa shape index (κ2) is 14.0. The monoisotopic (exact) mass is 453 g/mol. The van der Waals surface area contributed by atoms with Gasteiger partial charge in [0.05, 0.1) is 0 Å². The third-order valence-electron chi connectivity index (χ3n) is 6.29. The number of ether oxygens (including phenoxy) is 1. The highest BCUT2D eigenvalue weighted by molar-refractivity contribution is 5.81. The molecule has 0 radical (unpaired) electrons. The maximum Gasteiger partial charge on any atom is 0.225 e. The molecule has 0 aromatic heterocycles. The fraction of sp³-hybridized carbons (Fsp3) is 0.966. The van der Waals surface area contributed by atoms with Gasteiger partial charge in [0.1, 0.15) is 0 Å². The van der Waals surface area contributed by atoms with Gasteiger partial charge in [0.15, 0.2) is 0 Å². The van der Waals surface area contributed by atoms with E-state index in [1.54, 1.807) is 0 Å². The van der Waals surface area contributed by atoms with Crippen LogP contribution in [-0.4, -0.2) is 25.7 Å². The van der Waals surface area contributed by atoms with E-state index < -0.39 is 0 Å². The minimum absolute atomic E-state index is 0.115. The molecule has 0 rings (SSSR count). The molecule has 1 amide bonds. The quantitative estimate of drug-likeness (QED) is 0.270. The Hall–Kier alpha value is -0.570. The number of carbonyl (C=O) groups excluding carboxylic acids is 1. The summed E-state index contributed by atoms with van der Waals surface area (Å²) in [5, 5.41) is 3.02. The molecule has 32 heavy (non-hydrogen) atoms. The van der Waals surface area contributed by atoms with Crippen LogP contribution in [0.3, 0.4) is 0 Å². The SMILES string of the molecule is CC(CCC(COCCCNC(=O)C(C)(C)C)C(C)CC(C)CC(C)(C)C)CC(C)(C)C. The van der Waals surface area contributed by atoms with Crippen molar-refractivity contribution in [1.29, 1.82) is 0 Å². The van der Waals surface area contributed by atoms with Crippen molar-refractivity contribution in [3.8, 4) is 0 Å². The Labute approximate surface area is 202 Å². The highest BCUT2D eigenvalue weighted by Gasteiger charge is 2.24. The van der Waals surface area contributed by atoms with Crippen molar-refractivity contribution in [2.45, 2.75) is 122 Å². The lowest BCUT2D eigenvalue weighted by Crippen LogP contribution is -2.35. The molecule has 0 aliphatic carbocycles. The summed E-state index contributed by atoms with van der Waals surface area (Å²) in [5.74, 6) is 2.90. The molecule has 0 bridgehead atoms. The molecule has 0 saturated carbocycles. The van der Waals surface area contributed by atoms with Crippen LogP contribution in [0.25, 0.3) is 0 Å². The number of carbonyl (C=O) groups is 1. The van der Waals surface area contributed by atoms with Crippen LogP contribution >= 0.6 is 0 Å². The molecule has 3 heteroatoms.